The number of carbonyl (C=O) groups is 4. The van der Waals surface area contributed by atoms with E-state index in [0.29, 0.717) is 6.54 Å². The number of nitrogens with one attached hydrogen (secondary N) is 1. The Morgan fingerprint density at radius 3 is 2.36 bits per heavy atom. The molecule has 2 aliphatic heterocycles. The summed E-state index contributed by atoms with van der Waals surface area (Å²) in [5.41, 5.74) is 1.90. The van der Waals surface area contributed by atoms with Gasteiger partial charge in [-0.05, 0) is 19.1 Å². The SMILES string of the molecule is Cc1ccc(N2C[C@H](C(=O)NCCN3C(=O)CCC3=O)CC2=O)cc1. The Balaban J connectivity index is 1.51. The van der Waals surface area contributed by atoms with Gasteiger partial charge in [-0.1, -0.05) is 17.7 Å². The summed E-state index contributed by atoms with van der Waals surface area (Å²) in [5.74, 6) is -1.10. The summed E-state index contributed by atoms with van der Waals surface area (Å²) in [4.78, 5) is 50.3. The van der Waals surface area contributed by atoms with Crippen LogP contribution < -0.4 is 10.2 Å². The molecule has 2 aliphatic rings. The first kappa shape index (κ1) is 17.1. The molecule has 0 spiro atoms. The van der Waals surface area contributed by atoms with Crippen LogP contribution in [0.25, 0.3) is 0 Å². The van der Waals surface area contributed by atoms with Crippen molar-refractivity contribution in [3.05, 3.63) is 29.8 Å². The van der Waals surface area contributed by atoms with Gasteiger partial charge in [0.25, 0.3) is 0 Å². The van der Waals surface area contributed by atoms with Crippen molar-refractivity contribution in [3.8, 4) is 0 Å². The normalized spacial score (nSPS) is 20.5. The second kappa shape index (κ2) is 7.04. The van der Waals surface area contributed by atoms with Crippen molar-refractivity contribution in [1.82, 2.24) is 10.2 Å². The van der Waals surface area contributed by atoms with Crippen LogP contribution in [0.1, 0.15) is 24.8 Å². The van der Waals surface area contributed by atoms with Gasteiger partial charge < -0.3 is 10.2 Å². The smallest absolute Gasteiger partial charge is 0.229 e. The molecule has 1 N–H and O–H groups in total. The van der Waals surface area contributed by atoms with E-state index in [2.05, 4.69) is 5.32 Å². The second-order valence-electron chi connectivity index (χ2n) is 6.47. The molecule has 25 heavy (non-hydrogen) atoms. The Hall–Kier alpha value is -2.70. The molecule has 0 aromatic heterocycles. The number of benzene rings is 1. The lowest BCUT2D eigenvalue weighted by Crippen LogP contribution is -2.40. The first-order chi connectivity index (χ1) is 12.0. The standard InChI is InChI=1S/C18H21N3O4/c1-12-2-4-14(5-3-12)21-11-13(10-17(21)24)18(25)19-8-9-20-15(22)6-7-16(20)23/h2-5,13H,6-11H2,1H3,(H,19,25)/t13-/m1/s1. The molecule has 1 aromatic carbocycles. The van der Waals surface area contributed by atoms with E-state index in [1.54, 1.807) is 4.90 Å². The molecule has 7 nitrogen and oxygen atoms in total. The fourth-order valence-electron chi connectivity index (χ4n) is 3.16. The molecule has 2 heterocycles. The first-order valence-electron chi connectivity index (χ1n) is 8.43. The number of hydrogen-bond acceptors (Lipinski definition) is 4. The van der Waals surface area contributed by atoms with Crippen molar-refractivity contribution < 1.29 is 19.2 Å². The Bertz CT molecular complexity index is 698. The van der Waals surface area contributed by atoms with E-state index in [-0.39, 0.29) is 56.0 Å². The zero-order valence-electron chi connectivity index (χ0n) is 14.2. The number of hydrogen-bond donors (Lipinski definition) is 1. The molecule has 3 rings (SSSR count). The summed E-state index contributed by atoms with van der Waals surface area (Å²) < 4.78 is 0. The average molecular weight is 343 g/mol. The van der Waals surface area contributed by atoms with E-state index in [9.17, 15) is 19.2 Å². The van der Waals surface area contributed by atoms with Crippen LogP contribution in [0.3, 0.4) is 0 Å². The summed E-state index contributed by atoms with van der Waals surface area (Å²) in [6.07, 6.45) is 0.659. The molecule has 0 bridgehead atoms. The zero-order valence-corrected chi connectivity index (χ0v) is 14.2. The molecule has 7 heteroatoms. The number of aryl methyl sites for hydroxylation is 1. The van der Waals surface area contributed by atoms with Gasteiger partial charge >= 0.3 is 0 Å². The Kier molecular flexibility index (Phi) is 4.83. The summed E-state index contributed by atoms with van der Waals surface area (Å²) >= 11 is 0. The molecule has 2 fully saturated rings. The van der Waals surface area contributed by atoms with E-state index in [4.69, 9.17) is 0 Å². The highest BCUT2D eigenvalue weighted by molar-refractivity contribution is 6.02. The Morgan fingerprint density at radius 1 is 1.08 bits per heavy atom. The number of nitrogens with zero attached hydrogens (tertiary/aromatic N) is 2. The largest absolute Gasteiger partial charge is 0.354 e. The molecule has 1 aromatic rings. The van der Waals surface area contributed by atoms with Gasteiger partial charge in [-0.15, -0.1) is 0 Å². The zero-order chi connectivity index (χ0) is 18.0. The van der Waals surface area contributed by atoms with Gasteiger partial charge in [0.2, 0.25) is 23.6 Å². The van der Waals surface area contributed by atoms with Crippen molar-refractivity contribution in [2.24, 2.45) is 5.92 Å². The van der Waals surface area contributed by atoms with E-state index < -0.39 is 5.92 Å². The number of amides is 4. The van der Waals surface area contributed by atoms with Gasteiger partial charge in [-0.3, -0.25) is 24.1 Å². The maximum absolute atomic E-state index is 12.3. The number of likely N-dealkylation sites (tertiary alicyclic amines) is 1. The molecule has 0 radical (unpaired) electrons. The lowest BCUT2D eigenvalue weighted by Gasteiger charge is -2.17. The van der Waals surface area contributed by atoms with Gasteiger partial charge in [0, 0.05) is 44.6 Å². The maximum Gasteiger partial charge on any atom is 0.229 e. The molecule has 132 valence electrons. The molecule has 0 saturated carbocycles. The molecule has 0 unspecified atom stereocenters. The molecule has 1 atom stereocenters. The third-order valence-electron chi connectivity index (χ3n) is 4.63. The molecule has 4 amide bonds. The summed E-state index contributed by atoms with van der Waals surface area (Å²) in [7, 11) is 0. The van der Waals surface area contributed by atoms with Crippen LogP contribution in [0, 0.1) is 12.8 Å². The Labute approximate surface area is 146 Å². The van der Waals surface area contributed by atoms with Gasteiger partial charge in [-0.2, -0.15) is 0 Å². The van der Waals surface area contributed by atoms with E-state index in [0.717, 1.165) is 11.3 Å². The second-order valence-corrected chi connectivity index (χ2v) is 6.47. The van der Waals surface area contributed by atoms with Crippen LogP contribution in [-0.2, 0) is 19.2 Å². The average Bonchev–Trinajstić information content (AvgIpc) is 3.12. The number of carbonyl (C=O) groups excluding carboxylic acids is 4. The minimum Gasteiger partial charge on any atom is -0.354 e. The van der Waals surface area contributed by atoms with Crippen molar-refractivity contribution in [2.45, 2.75) is 26.2 Å². The van der Waals surface area contributed by atoms with Crippen LogP contribution in [0.15, 0.2) is 24.3 Å². The number of imide groups is 1. The topological polar surface area (TPSA) is 86.8 Å². The molecular formula is C18H21N3O4. The highest BCUT2D eigenvalue weighted by Gasteiger charge is 2.35. The van der Waals surface area contributed by atoms with E-state index >= 15 is 0 Å². The summed E-state index contributed by atoms with van der Waals surface area (Å²) in [6, 6.07) is 7.61. The van der Waals surface area contributed by atoms with Crippen LogP contribution in [-0.4, -0.2) is 48.2 Å². The third kappa shape index (κ3) is 3.70. The summed E-state index contributed by atoms with van der Waals surface area (Å²) in [6.45, 7) is 2.72. The lowest BCUT2D eigenvalue weighted by atomic mass is 10.1. The van der Waals surface area contributed by atoms with E-state index in [1.165, 1.54) is 4.90 Å². The summed E-state index contributed by atoms with van der Waals surface area (Å²) in [5, 5.41) is 2.73. The van der Waals surface area contributed by atoms with Crippen LogP contribution in [0.5, 0.6) is 0 Å². The molecule has 0 aliphatic carbocycles. The van der Waals surface area contributed by atoms with Crippen molar-refractivity contribution in [3.63, 3.8) is 0 Å². The number of anilines is 1. The minimum absolute atomic E-state index is 0.0751. The van der Waals surface area contributed by atoms with Gasteiger partial charge in [0.05, 0.1) is 5.92 Å². The first-order valence-corrected chi connectivity index (χ1v) is 8.43. The van der Waals surface area contributed by atoms with Crippen LogP contribution in [0.2, 0.25) is 0 Å². The Morgan fingerprint density at radius 2 is 1.72 bits per heavy atom. The van der Waals surface area contributed by atoms with E-state index in [1.807, 2.05) is 31.2 Å². The van der Waals surface area contributed by atoms with Crippen molar-refractivity contribution >= 4 is 29.3 Å². The van der Waals surface area contributed by atoms with Gasteiger partial charge in [0.1, 0.15) is 0 Å². The number of rotatable bonds is 5. The predicted octanol–water partition coefficient (Wildman–Crippen LogP) is 0.613. The predicted molar refractivity (Wildman–Crippen MR) is 90.6 cm³/mol. The van der Waals surface area contributed by atoms with Crippen molar-refractivity contribution in [1.29, 1.82) is 0 Å². The third-order valence-corrected chi connectivity index (χ3v) is 4.63. The van der Waals surface area contributed by atoms with Crippen LogP contribution in [0.4, 0.5) is 5.69 Å². The lowest BCUT2D eigenvalue weighted by molar-refractivity contribution is -0.138. The molecule has 2 saturated heterocycles. The van der Waals surface area contributed by atoms with Gasteiger partial charge in [-0.25, -0.2) is 0 Å². The molecular weight excluding hydrogens is 322 g/mol. The maximum atomic E-state index is 12.3. The van der Waals surface area contributed by atoms with Crippen LogP contribution >= 0.6 is 0 Å². The highest BCUT2D eigenvalue weighted by atomic mass is 16.2. The highest BCUT2D eigenvalue weighted by Crippen LogP contribution is 2.25. The van der Waals surface area contributed by atoms with Gasteiger partial charge in [0.15, 0.2) is 0 Å². The fourth-order valence-corrected chi connectivity index (χ4v) is 3.16. The minimum atomic E-state index is -0.418. The monoisotopic (exact) mass is 343 g/mol. The quantitative estimate of drug-likeness (QED) is 0.794. The van der Waals surface area contributed by atoms with Crippen molar-refractivity contribution in [2.75, 3.05) is 24.5 Å². The fraction of sp³-hybridized carbons (Fsp3) is 0.444.